The summed E-state index contributed by atoms with van der Waals surface area (Å²) < 4.78 is 29.3. The summed E-state index contributed by atoms with van der Waals surface area (Å²) in [6, 6.07) is 0.262. The molecule has 21 heavy (non-hydrogen) atoms. The average molecular weight is 313 g/mol. The summed E-state index contributed by atoms with van der Waals surface area (Å²) >= 11 is 0. The van der Waals surface area contributed by atoms with Crippen LogP contribution in [0.4, 0.5) is 0 Å². The number of piperazine rings is 1. The van der Waals surface area contributed by atoms with Crippen LogP contribution in [0.25, 0.3) is 0 Å². The zero-order valence-electron chi connectivity index (χ0n) is 12.9. The summed E-state index contributed by atoms with van der Waals surface area (Å²) in [6.07, 6.45) is 6.46. The smallest absolute Gasteiger partial charge is 0.282 e. The highest BCUT2D eigenvalue weighted by Gasteiger charge is 2.52. The first-order valence-corrected chi connectivity index (χ1v) is 9.89. The van der Waals surface area contributed by atoms with E-state index in [0.29, 0.717) is 24.9 Å². The van der Waals surface area contributed by atoms with Gasteiger partial charge in [-0.15, -0.1) is 0 Å². The SMILES string of the molecule is CN(C1C2CC3CC(C2)CC1C3)S(=O)(=O)N1CCNCC1. The molecular formula is C15H27N3O2S. The lowest BCUT2D eigenvalue weighted by Crippen LogP contribution is -2.60. The Morgan fingerprint density at radius 2 is 1.48 bits per heavy atom. The van der Waals surface area contributed by atoms with Crippen molar-refractivity contribution in [2.75, 3.05) is 33.2 Å². The van der Waals surface area contributed by atoms with Gasteiger partial charge in [0.2, 0.25) is 0 Å². The lowest BCUT2D eigenvalue weighted by atomic mass is 9.54. The highest BCUT2D eigenvalue weighted by molar-refractivity contribution is 7.86. The van der Waals surface area contributed by atoms with Crippen molar-refractivity contribution in [3.63, 3.8) is 0 Å². The predicted octanol–water partition coefficient (Wildman–Crippen LogP) is 0.893. The number of hydrogen-bond acceptors (Lipinski definition) is 3. The molecule has 0 aromatic heterocycles. The molecule has 4 saturated carbocycles. The molecule has 4 aliphatic carbocycles. The standard InChI is InChI=1S/C15H27N3O2S/c1-17(21(19,20)18-4-2-16-3-5-18)15-13-7-11-6-12(9-13)10-14(15)8-11/h11-16H,2-10H2,1H3. The van der Waals surface area contributed by atoms with Crippen molar-refractivity contribution >= 4 is 10.2 Å². The summed E-state index contributed by atoms with van der Waals surface area (Å²) in [4.78, 5) is 0. The Kier molecular flexibility index (Phi) is 3.56. The summed E-state index contributed by atoms with van der Waals surface area (Å²) in [6.45, 7) is 2.77. The Morgan fingerprint density at radius 1 is 0.952 bits per heavy atom. The molecule has 0 radical (unpaired) electrons. The van der Waals surface area contributed by atoms with E-state index in [1.165, 1.54) is 32.1 Å². The van der Waals surface area contributed by atoms with Crippen LogP contribution in [0.1, 0.15) is 32.1 Å². The van der Waals surface area contributed by atoms with E-state index in [1.807, 2.05) is 7.05 Å². The van der Waals surface area contributed by atoms with Crippen LogP contribution in [0.2, 0.25) is 0 Å². The van der Waals surface area contributed by atoms with Crippen LogP contribution in [0.5, 0.6) is 0 Å². The van der Waals surface area contributed by atoms with Gasteiger partial charge in [0, 0.05) is 39.3 Å². The first-order chi connectivity index (χ1) is 10.1. The van der Waals surface area contributed by atoms with Gasteiger partial charge in [-0.3, -0.25) is 0 Å². The topological polar surface area (TPSA) is 52.7 Å². The second-order valence-electron chi connectivity index (χ2n) is 7.59. The molecule has 1 saturated heterocycles. The van der Waals surface area contributed by atoms with E-state index >= 15 is 0 Å². The second kappa shape index (κ2) is 5.18. The quantitative estimate of drug-likeness (QED) is 0.842. The van der Waals surface area contributed by atoms with Crippen molar-refractivity contribution in [3.8, 4) is 0 Å². The van der Waals surface area contributed by atoms with E-state index in [1.54, 1.807) is 8.61 Å². The highest BCUT2D eigenvalue weighted by atomic mass is 32.2. The van der Waals surface area contributed by atoms with Gasteiger partial charge in [0.05, 0.1) is 0 Å². The van der Waals surface area contributed by atoms with Crippen LogP contribution in [0, 0.1) is 23.7 Å². The van der Waals surface area contributed by atoms with Gasteiger partial charge < -0.3 is 5.32 Å². The Labute approximate surface area is 128 Å². The number of hydrogen-bond donors (Lipinski definition) is 1. The van der Waals surface area contributed by atoms with Crippen molar-refractivity contribution < 1.29 is 8.42 Å². The highest BCUT2D eigenvalue weighted by Crippen LogP contribution is 2.55. The molecule has 0 atom stereocenters. The van der Waals surface area contributed by atoms with Crippen LogP contribution < -0.4 is 5.32 Å². The third-order valence-corrected chi connectivity index (χ3v) is 8.35. The van der Waals surface area contributed by atoms with Crippen molar-refractivity contribution in [1.29, 1.82) is 0 Å². The lowest BCUT2D eigenvalue weighted by Gasteiger charge is -2.56. The first kappa shape index (κ1) is 14.4. The zero-order chi connectivity index (χ0) is 14.6. The van der Waals surface area contributed by atoms with Crippen LogP contribution in [-0.4, -0.2) is 56.3 Å². The largest absolute Gasteiger partial charge is 0.314 e. The first-order valence-electron chi connectivity index (χ1n) is 8.49. The number of nitrogens with zero attached hydrogens (tertiary/aromatic N) is 2. The van der Waals surface area contributed by atoms with E-state index in [-0.39, 0.29) is 6.04 Å². The molecule has 6 heteroatoms. The van der Waals surface area contributed by atoms with E-state index in [9.17, 15) is 8.42 Å². The van der Waals surface area contributed by atoms with Gasteiger partial charge in [-0.1, -0.05) is 0 Å². The minimum absolute atomic E-state index is 0.262. The van der Waals surface area contributed by atoms with Gasteiger partial charge in [-0.05, 0) is 55.8 Å². The molecule has 1 aliphatic heterocycles. The third-order valence-electron chi connectivity index (χ3n) is 6.36. The molecule has 5 aliphatic rings. The number of rotatable bonds is 3. The average Bonchev–Trinajstić information content (AvgIpc) is 2.47. The number of nitrogens with one attached hydrogen (secondary N) is 1. The fourth-order valence-electron chi connectivity index (χ4n) is 5.70. The molecule has 0 aromatic carbocycles. The molecular weight excluding hydrogens is 286 g/mol. The summed E-state index contributed by atoms with van der Waals surface area (Å²) in [5.41, 5.74) is 0. The van der Waals surface area contributed by atoms with Crippen molar-refractivity contribution in [2.45, 2.75) is 38.1 Å². The maximum absolute atomic E-state index is 12.9. The Bertz CT molecular complexity index is 473. The molecule has 4 bridgehead atoms. The Morgan fingerprint density at radius 3 is 2.00 bits per heavy atom. The van der Waals surface area contributed by atoms with E-state index < -0.39 is 10.2 Å². The third kappa shape index (κ3) is 2.35. The minimum atomic E-state index is -3.28. The maximum Gasteiger partial charge on any atom is 0.282 e. The molecule has 1 heterocycles. The molecule has 5 rings (SSSR count). The van der Waals surface area contributed by atoms with E-state index in [0.717, 1.165) is 24.9 Å². The molecule has 0 amide bonds. The van der Waals surface area contributed by atoms with Crippen molar-refractivity contribution in [3.05, 3.63) is 0 Å². The molecule has 0 unspecified atom stereocenters. The van der Waals surface area contributed by atoms with Crippen molar-refractivity contribution in [1.82, 2.24) is 13.9 Å². The van der Waals surface area contributed by atoms with Crippen molar-refractivity contribution in [2.24, 2.45) is 23.7 Å². The van der Waals surface area contributed by atoms with Gasteiger partial charge in [0.25, 0.3) is 10.2 Å². The van der Waals surface area contributed by atoms with Crippen LogP contribution in [0.15, 0.2) is 0 Å². The summed E-state index contributed by atoms with van der Waals surface area (Å²) in [7, 11) is -1.44. The molecule has 5 fully saturated rings. The lowest BCUT2D eigenvalue weighted by molar-refractivity contribution is -0.0364. The normalized spacial score (nSPS) is 43.6. The van der Waals surface area contributed by atoms with E-state index in [2.05, 4.69) is 5.32 Å². The van der Waals surface area contributed by atoms with E-state index in [4.69, 9.17) is 0 Å². The van der Waals surface area contributed by atoms with Crippen LogP contribution >= 0.6 is 0 Å². The van der Waals surface area contributed by atoms with Gasteiger partial charge in [-0.25, -0.2) is 0 Å². The molecule has 0 spiro atoms. The van der Waals surface area contributed by atoms with Crippen LogP contribution in [-0.2, 0) is 10.2 Å². The van der Waals surface area contributed by atoms with Crippen LogP contribution in [0.3, 0.4) is 0 Å². The predicted molar refractivity (Wildman–Crippen MR) is 82.0 cm³/mol. The zero-order valence-corrected chi connectivity index (χ0v) is 13.7. The van der Waals surface area contributed by atoms with Gasteiger partial charge in [0.1, 0.15) is 0 Å². The summed E-state index contributed by atoms with van der Waals surface area (Å²) in [5.74, 6) is 3.01. The van der Waals surface area contributed by atoms with Gasteiger partial charge >= 0.3 is 0 Å². The minimum Gasteiger partial charge on any atom is -0.314 e. The monoisotopic (exact) mass is 313 g/mol. The fourth-order valence-corrected chi connectivity index (χ4v) is 7.36. The Hall–Kier alpha value is -0.170. The molecule has 0 aromatic rings. The molecule has 1 N–H and O–H groups in total. The molecule has 120 valence electrons. The maximum atomic E-state index is 12.9. The van der Waals surface area contributed by atoms with Gasteiger partial charge in [-0.2, -0.15) is 17.0 Å². The summed E-state index contributed by atoms with van der Waals surface area (Å²) in [5, 5.41) is 3.23. The molecule has 5 nitrogen and oxygen atoms in total. The Balaban J connectivity index is 1.55. The second-order valence-corrected chi connectivity index (χ2v) is 9.58. The van der Waals surface area contributed by atoms with Gasteiger partial charge in [0.15, 0.2) is 0 Å². The fraction of sp³-hybridized carbons (Fsp3) is 1.00.